The van der Waals surface area contributed by atoms with Crippen molar-refractivity contribution < 1.29 is 23.8 Å². The molecule has 1 heterocycles. The Hall–Kier alpha value is -4.06. The van der Waals surface area contributed by atoms with Gasteiger partial charge in [-0.05, 0) is 73.0 Å². The monoisotopic (exact) mass is 485 g/mol. The number of furan rings is 1. The number of hydrogen-bond donors (Lipinski definition) is 2. The minimum atomic E-state index is -0.883. The Morgan fingerprint density at radius 2 is 1.67 bits per heavy atom. The number of para-hydroxylation sites is 1. The largest absolute Gasteiger partial charge is 0.491 e. The summed E-state index contributed by atoms with van der Waals surface area (Å²) in [7, 11) is 0. The Morgan fingerprint density at radius 3 is 2.33 bits per heavy atom. The van der Waals surface area contributed by atoms with Crippen molar-refractivity contribution in [1.82, 2.24) is 0 Å². The standard InChI is InChI=1S/C30H31NO5/c1-20(2)26(31-24-14-10-21(11-15-24)27(32)7-5-9-30(33)34)19-35-25-16-12-22(13-17-25)29-18-23-6-3-4-8-28(23)36-29/h3-4,6,8,10-18,20,26,31H,5,7,9,19H2,1-2H3,(H,33,34)/t26-/m1/s1. The Labute approximate surface area is 210 Å². The molecule has 0 aliphatic rings. The quantitative estimate of drug-likeness (QED) is 0.209. The fraction of sp³-hybridized carbons (Fsp3) is 0.267. The lowest BCUT2D eigenvalue weighted by Crippen LogP contribution is -2.32. The van der Waals surface area contributed by atoms with E-state index >= 15 is 0 Å². The average Bonchev–Trinajstić information content (AvgIpc) is 3.31. The summed E-state index contributed by atoms with van der Waals surface area (Å²) < 4.78 is 12.0. The highest BCUT2D eigenvalue weighted by Crippen LogP contribution is 2.29. The van der Waals surface area contributed by atoms with Crippen molar-refractivity contribution in [2.24, 2.45) is 5.92 Å². The molecule has 36 heavy (non-hydrogen) atoms. The van der Waals surface area contributed by atoms with Crippen LogP contribution < -0.4 is 10.1 Å². The number of carbonyl (C=O) groups is 2. The number of fused-ring (bicyclic) bond motifs is 1. The van der Waals surface area contributed by atoms with Crippen LogP contribution in [0.4, 0.5) is 5.69 Å². The number of carboxylic acid groups (broad SMARTS) is 1. The molecule has 0 spiro atoms. The summed E-state index contributed by atoms with van der Waals surface area (Å²) in [6.45, 7) is 4.75. The third-order valence-electron chi connectivity index (χ3n) is 6.15. The predicted molar refractivity (Wildman–Crippen MR) is 142 cm³/mol. The lowest BCUT2D eigenvalue weighted by Gasteiger charge is -2.24. The molecule has 0 saturated heterocycles. The molecule has 186 valence electrons. The van der Waals surface area contributed by atoms with Crippen molar-refractivity contribution >= 4 is 28.4 Å². The van der Waals surface area contributed by atoms with Crippen LogP contribution in [0.1, 0.15) is 43.5 Å². The van der Waals surface area contributed by atoms with Crippen molar-refractivity contribution in [3.8, 4) is 17.1 Å². The van der Waals surface area contributed by atoms with Crippen LogP contribution in [0.15, 0.2) is 83.3 Å². The van der Waals surface area contributed by atoms with Crippen molar-refractivity contribution in [2.45, 2.75) is 39.2 Å². The first-order chi connectivity index (χ1) is 17.4. The summed E-state index contributed by atoms with van der Waals surface area (Å²) in [6.07, 6.45) is 0.584. The third-order valence-corrected chi connectivity index (χ3v) is 6.15. The molecule has 4 aromatic rings. The van der Waals surface area contributed by atoms with E-state index in [1.807, 2.05) is 66.7 Å². The van der Waals surface area contributed by atoms with E-state index < -0.39 is 5.97 Å². The third kappa shape index (κ3) is 6.54. The van der Waals surface area contributed by atoms with Crippen molar-refractivity contribution in [3.05, 3.63) is 84.4 Å². The summed E-state index contributed by atoms with van der Waals surface area (Å²) in [5, 5.41) is 13.3. The number of Topliss-reactive ketones (excluding diaryl/α,β-unsaturated/α-hetero) is 1. The van der Waals surface area contributed by atoms with Crippen molar-refractivity contribution in [2.75, 3.05) is 11.9 Å². The highest BCUT2D eigenvalue weighted by atomic mass is 16.5. The number of anilines is 1. The maximum atomic E-state index is 12.2. The lowest BCUT2D eigenvalue weighted by molar-refractivity contribution is -0.137. The number of hydrogen-bond acceptors (Lipinski definition) is 5. The first-order valence-corrected chi connectivity index (χ1v) is 12.2. The van der Waals surface area contributed by atoms with Gasteiger partial charge in [-0.25, -0.2) is 0 Å². The molecule has 1 atom stereocenters. The van der Waals surface area contributed by atoms with E-state index in [4.69, 9.17) is 14.3 Å². The van der Waals surface area contributed by atoms with Gasteiger partial charge in [0, 0.05) is 35.0 Å². The van der Waals surface area contributed by atoms with E-state index in [2.05, 4.69) is 19.2 Å². The summed E-state index contributed by atoms with van der Waals surface area (Å²) in [6, 6.07) is 25.3. The normalized spacial score (nSPS) is 12.0. The molecule has 0 radical (unpaired) electrons. The first-order valence-electron chi connectivity index (χ1n) is 12.2. The number of ketones is 1. The number of ether oxygens (including phenoxy) is 1. The van der Waals surface area contributed by atoms with Gasteiger partial charge in [-0.2, -0.15) is 0 Å². The van der Waals surface area contributed by atoms with Gasteiger partial charge in [0.15, 0.2) is 5.78 Å². The fourth-order valence-electron chi connectivity index (χ4n) is 3.94. The minimum absolute atomic E-state index is 0.00405. The van der Waals surface area contributed by atoms with E-state index in [0.717, 1.165) is 33.7 Å². The van der Waals surface area contributed by atoms with Gasteiger partial charge in [0.1, 0.15) is 23.7 Å². The molecule has 6 heteroatoms. The van der Waals surface area contributed by atoms with E-state index in [0.29, 0.717) is 24.5 Å². The Balaban J connectivity index is 1.32. The van der Waals surface area contributed by atoms with Crippen LogP contribution in [0.5, 0.6) is 5.75 Å². The number of nitrogens with one attached hydrogen (secondary N) is 1. The number of benzene rings is 3. The summed E-state index contributed by atoms with van der Waals surface area (Å²) in [4.78, 5) is 22.9. The maximum absolute atomic E-state index is 12.2. The van der Waals surface area contributed by atoms with Gasteiger partial charge in [0.2, 0.25) is 0 Å². The second-order valence-electron chi connectivity index (χ2n) is 9.23. The van der Waals surface area contributed by atoms with Crippen LogP contribution in [0.25, 0.3) is 22.3 Å². The lowest BCUT2D eigenvalue weighted by atomic mass is 10.0. The second kappa shape index (κ2) is 11.6. The van der Waals surface area contributed by atoms with Gasteiger partial charge in [-0.15, -0.1) is 0 Å². The zero-order valence-corrected chi connectivity index (χ0v) is 20.6. The number of carbonyl (C=O) groups excluding carboxylic acids is 1. The summed E-state index contributed by atoms with van der Waals surface area (Å²) >= 11 is 0. The zero-order valence-electron chi connectivity index (χ0n) is 20.6. The van der Waals surface area contributed by atoms with Gasteiger partial charge in [0.25, 0.3) is 0 Å². The van der Waals surface area contributed by atoms with E-state index in [1.165, 1.54) is 0 Å². The molecule has 0 aliphatic carbocycles. The highest BCUT2D eigenvalue weighted by Gasteiger charge is 2.15. The Bertz CT molecular complexity index is 1270. The SMILES string of the molecule is CC(C)[C@@H](COc1ccc(-c2cc3ccccc3o2)cc1)Nc1ccc(C(=O)CCCC(=O)O)cc1. The van der Waals surface area contributed by atoms with Gasteiger partial charge in [-0.1, -0.05) is 32.0 Å². The Kier molecular flexibility index (Phi) is 8.06. The molecule has 0 aliphatic heterocycles. The zero-order chi connectivity index (χ0) is 25.5. The Morgan fingerprint density at radius 1 is 0.944 bits per heavy atom. The van der Waals surface area contributed by atoms with E-state index in [1.54, 1.807) is 12.1 Å². The van der Waals surface area contributed by atoms with Gasteiger partial charge in [-0.3, -0.25) is 9.59 Å². The minimum Gasteiger partial charge on any atom is -0.491 e. The molecule has 0 fully saturated rings. The topological polar surface area (TPSA) is 88.8 Å². The molecule has 0 unspecified atom stereocenters. The van der Waals surface area contributed by atoms with Gasteiger partial charge in [0.05, 0.1) is 6.04 Å². The van der Waals surface area contributed by atoms with Crippen LogP contribution in [-0.2, 0) is 4.79 Å². The molecule has 0 amide bonds. The molecule has 1 aromatic heterocycles. The van der Waals surface area contributed by atoms with Crippen LogP contribution >= 0.6 is 0 Å². The van der Waals surface area contributed by atoms with Crippen molar-refractivity contribution in [3.63, 3.8) is 0 Å². The maximum Gasteiger partial charge on any atom is 0.303 e. The predicted octanol–water partition coefficient (Wildman–Crippen LogP) is 7.05. The number of carboxylic acids is 1. The van der Waals surface area contributed by atoms with Gasteiger partial charge >= 0.3 is 5.97 Å². The smallest absolute Gasteiger partial charge is 0.303 e. The molecule has 4 rings (SSSR count). The summed E-state index contributed by atoms with van der Waals surface area (Å²) in [5.74, 6) is 0.999. The molecular formula is C30H31NO5. The molecule has 2 N–H and O–H groups in total. The first kappa shape index (κ1) is 25.0. The molecule has 0 bridgehead atoms. The fourth-order valence-corrected chi connectivity index (χ4v) is 3.94. The van der Waals surface area contributed by atoms with E-state index in [9.17, 15) is 9.59 Å². The van der Waals surface area contributed by atoms with Crippen LogP contribution in [0, 0.1) is 5.92 Å². The molecular weight excluding hydrogens is 454 g/mol. The van der Waals surface area contributed by atoms with Crippen LogP contribution in [0.2, 0.25) is 0 Å². The molecule has 6 nitrogen and oxygen atoms in total. The van der Waals surface area contributed by atoms with Crippen LogP contribution in [-0.4, -0.2) is 29.5 Å². The highest BCUT2D eigenvalue weighted by molar-refractivity contribution is 5.96. The average molecular weight is 486 g/mol. The number of rotatable bonds is 12. The van der Waals surface area contributed by atoms with Crippen LogP contribution in [0.3, 0.4) is 0 Å². The summed E-state index contributed by atoms with van der Waals surface area (Å²) in [5.41, 5.74) is 3.36. The van der Waals surface area contributed by atoms with E-state index in [-0.39, 0.29) is 24.7 Å². The van der Waals surface area contributed by atoms with Crippen molar-refractivity contribution in [1.29, 1.82) is 0 Å². The van der Waals surface area contributed by atoms with Gasteiger partial charge < -0.3 is 19.6 Å². The number of aliphatic carboxylic acids is 1. The molecule has 3 aromatic carbocycles. The second-order valence-corrected chi connectivity index (χ2v) is 9.23. The molecule has 0 saturated carbocycles.